The van der Waals surface area contributed by atoms with Crippen molar-refractivity contribution in [2.75, 3.05) is 0 Å². The van der Waals surface area contributed by atoms with Crippen LogP contribution in [0.25, 0.3) is 0 Å². The summed E-state index contributed by atoms with van der Waals surface area (Å²) in [6.45, 7) is 6.11. The van der Waals surface area contributed by atoms with Crippen molar-refractivity contribution in [1.82, 2.24) is 10.6 Å². The van der Waals surface area contributed by atoms with Gasteiger partial charge in [0.1, 0.15) is 6.04 Å². The molecule has 0 aliphatic carbocycles. The third-order valence-electron chi connectivity index (χ3n) is 2.80. The lowest BCUT2D eigenvalue weighted by molar-refractivity contribution is -0.140. The van der Waals surface area contributed by atoms with Crippen LogP contribution in [0.1, 0.15) is 46.5 Å². The number of urea groups is 1. The minimum atomic E-state index is -1.30. The van der Waals surface area contributed by atoms with E-state index in [4.69, 9.17) is 10.8 Å². The van der Waals surface area contributed by atoms with Gasteiger partial charge < -0.3 is 21.5 Å². The summed E-state index contributed by atoms with van der Waals surface area (Å²) in [5.74, 6) is -1.45. The minimum absolute atomic E-state index is 0.0585. The number of nitrogens with one attached hydrogen (secondary N) is 2. The first-order valence-electron chi connectivity index (χ1n) is 6.80. The summed E-state index contributed by atoms with van der Waals surface area (Å²) >= 11 is 0. The van der Waals surface area contributed by atoms with Crippen molar-refractivity contribution < 1.29 is 19.5 Å². The van der Waals surface area contributed by atoms with E-state index in [2.05, 4.69) is 24.5 Å². The standard InChI is InChI=1S/C13H25N3O4/c1-8(2)5-4-6-9(3)15-13(20)16-10(12(18)19)7-11(14)17/h8-10H,4-7H2,1-3H3,(H2,14,17)(H,18,19)(H2,15,16,20)/t9?,10-/m0/s1. The third-order valence-corrected chi connectivity index (χ3v) is 2.80. The Balaban J connectivity index is 4.11. The fourth-order valence-electron chi connectivity index (χ4n) is 1.73. The summed E-state index contributed by atoms with van der Waals surface area (Å²) in [5.41, 5.74) is 4.93. The maximum atomic E-state index is 11.6. The average molecular weight is 287 g/mol. The fraction of sp³-hybridized carbons (Fsp3) is 0.769. The Bertz CT molecular complexity index is 345. The van der Waals surface area contributed by atoms with Gasteiger partial charge in [-0.2, -0.15) is 0 Å². The Morgan fingerprint density at radius 3 is 2.15 bits per heavy atom. The molecule has 0 rings (SSSR count). The number of nitrogens with two attached hydrogens (primary N) is 1. The molecule has 0 heterocycles. The predicted octanol–water partition coefficient (Wildman–Crippen LogP) is 0.829. The Kier molecular flexibility index (Phi) is 8.35. The van der Waals surface area contributed by atoms with E-state index in [0.29, 0.717) is 5.92 Å². The molecule has 0 spiro atoms. The van der Waals surface area contributed by atoms with E-state index in [1.54, 1.807) is 0 Å². The summed E-state index contributed by atoms with van der Waals surface area (Å²) in [6, 6.07) is -1.96. The van der Waals surface area contributed by atoms with Crippen molar-refractivity contribution in [3.8, 4) is 0 Å². The van der Waals surface area contributed by atoms with Crippen LogP contribution in [0.15, 0.2) is 0 Å². The molecule has 0 saturated carbocycles. The van der Waals surface area contributed by atoms with Crippen LogP contribution in [0.2, 0.25) is 0 Å². The summed E-state index contributed by atoms with van der Waals surface area (Å²) in [6.07, 6.45) is 2.46. The number of hydrogen-bond donors (Lipinski definition) is 4. The SMILES string of the molecule is CC(C)CCCC(C)NC(=O)N[C@@H](CC(N)=O)C(=O)O. The van der Waals surface area contributed by atoms with Gasteiger partial charge in [-0.3, -0.25) is 4.79 Å². The normalized spacial score (nSPS) is 13.6. The van der Waals surface area contributed by atoms with Crippen molar-refractivity contribution in [3.05, 3.63) is 0 Å². The van der Waals surface area contributed by atoms with Gasteiger partial charge in [0.05, 0.1) is 6.42 Å². The van der Waals surface area contributed by atoms with Crippen LogP contribution in [-0.4, -0.2) is 35.1 Å². The highest BCUT2D eigenvalue weighted by molar-refractivity contribution is 5.87. The van der Waals surface area contributed by atoms with E-state index in [-0.39, 0.29) is 6.04 Å². The molecule has 0 aliphatic heterocycles. The van der Waals surface area contributed by atoms with Crippen LogP contribution in [0, 0.1) is 5.92 Å². The molecule has 2 atom stereocenters. The molecule has 0 aromatic rings. The number of primary amides is 1. The van der Waals surface area contributed by atoms with Crippen molar-refractivity contribution in [1.29, 1.82) is 0 Å². The molecule has 3 amide bonds. The quantitative estimate of drug-likeness (QED) is 0.501. The van der Waals surface area contributed by atoms with Gasteiger partial charge in [-0.25, -0.2) is 9.59 Å². The molecule has 20 heavy (non-hydrogen) atoms. The lowest BCUT2D eigenvalue weighted by Crippen LogP contribution is -2.49. The van der Waals surface area contributed by atoms with E-state index in [9.17, 15) is 14.4 Å². The first-order valence-corrected chi connectivity index (χ1v) is 6.80. The number of carboxylic acids is 1. The molecule has 0 saturated heterocycles. The lowest BCUT2D eigenvalue weighted by Gasteiger charge is -2.18. The molecule has 0 aliphatic rings. The number of rotatable bonds is 9. The second-order valence-electron chi connectivity index (χ2n) is 5.40. The number of carboxylic acid groups (broad SMARTS) is 1. The molecule has 0 aromatic heterocycles. The minimum Gasteiger partial charge on any atom is -0.480 e. The molecular formula is C13H25N3O4. The second kappa shape index (κ2) is 9.17. The van der Waals surface area contributed by atoms with E-state index >= 15 is 0 Å². The molecule has 116 valence electrons. The van der Waals surface area contributed by atoms with Gasteiger partial charge in [-0.1, -0.05) is 26.7 Å². The highest BCUT2D eigenvalue weighted by Crippen LogP contribution is 2.08. The first-order chi connectivity index (χ1) is 9.22. The van der Waals surface area contributed by atoms with Gasteiger partial charge in [0.2, 0.25) is 5.91 Å². The Hall–Kier alpha value is -1.79. The molecule has 0 bridgehead atoms. The molecule has 1 unspecified atom stereocenters. The van der Waals surface area contributed by atoms with Gasteiger partial charge in [-0.05, 0) is 19.3 Å². The van der Waals surface area contributed by atoms with Crippen LogP contribution in [-0.2, 0) is 9.59 Å². The Morgan fingerprint density at radius 2 is 1.70 bits per heavy atom. The topological polar surface area (TPSA) is 122 Å². The summed E-state index contributed by atoms with van der Waals surface area (Å²) in [7, 11) is 0. The summed E-state index contributed by atoms with van der Waals surface area (Å²) in [4.78, 5) is 33.2. The van der Waals surface area contributed by atoms with Crippen LogP contribution in [0.4, 0.5) is 4.79 Å². The third kappa shape index (κ3) is 9.18. The fourth-order valence-corrected chi connectivity index (χ4v) is 1.73. The monoisotopic (exact) mass is 287 g/mol. The maximum Gasteiger partial charge on any atom is 0.326 e. The van der Waals surface area contributed by atoms with E-state index in [0.717, 1.165) is 19.3 Å². The highest BCUT2D eigenvalue weighted by Gasteiger charge is 2.22. The van der Waals surface area contributed by atoms with E-state index in [1.165, 1.54) is 0 Å². The number of hydrogen-bond acceptors (Lipinski definition) is 3. The molecule has 0 radical (unpaired) electrons. The Labute approximate surface area is 119 Å². The van der Waals surface area contributed by atoms with Crippen molar-refractivity contribution in [2.45, 2.75) is 58.5 Å². The smallest absolute Gasteiger partial charge is 0.326 e. The molecule has 5 N–H and O–H groups in total. The molecule has 0 aromatic carbocycles. The van der Waals surface area contributed by atoms with Crippen LogP contribution < -0.4 is 16.4 Å². The molecule has 7 heteroatoms. The van der Waals surface area contributed by atoms with Crippen LogP contribution in [0.3, 0.4) is 0 Å². The Morgan fingerprint density at radius 1 is 1.10 bits per heavy atom. The van der Waals surface area contributed by atoms with Crippen LogP contribution in [0.5, 0.6) is 0 Å². The molecular weight excluding hydrogens is 262 g/mol. The molecule has 7 nitrogen and oxygen atoms in total. The van der Waals surface area contributed by atoms with Gasteiger partial charge in [0.25, 0.3) is 0 Å². The highest BCUT2D eigenvalue weighted by atomic mass is 16.4. The van der Waals surface area contributed by atoms with Gasteiger partial charge in [-0.15, -0.1) is 0 Å². The zero-order chi connectivity index (χ0) is 15.7. The average Bonchev–Trinajstić information content (AvgIpc) is 2.26. The largest absolute Gasteiger partial charge is 0.480 e. The van der Waals surface area contributed by atoms with Crippen molar-refractivity contribution in [2.24, 2.45) is 11.7 Å². The zero-order valence-electron chi connectivity index (χ0n) is 12.3. The van der Waals surface area contributed by atoms with Gasteiger partial charge in [0, 0.05) is 6.04 Å². The summed E-state index contributed by atoms with van der Waals surface area (Å²) in [5, 5.41) is 13.7. The van der Waals surface area contributed by atoms with Crippen LogP contribution >= 0.6 is 0 Å². The number of amides is 3. The number of carbonyl (C=O) groups is 3. The molecule has 0 fully saturated rings. The van der Waals surface area contributed by atoms with Crippen molar-refractivity contribution in [3.63, 3.8) is 0 Å². The van der Waals surface area contributed by atoms with Crippen molar-refractivity contribution >= 4 is 17.9 Å². The van der Waals surface area contributed by atoms with E-state index in [1.807, 2.05) is 6.92 Å². The number of carbonyl (C=O) groups excluding carboxylic acids is 2. The second-order valence-corrected chi connectivity index (χ2v) is 5.40. The lowest BCUT2D eigenvalue weighted by atomic mass is 10.0. The number of aliphatic carboxylic acids is 1. The maximum absolute atomic E-state index is 11.6. The summed E-state index contributed by atoms with van der Waals surface area (Å²) < 4.78 is 0. The van der Waals surface area contributed by atoms with Gasteiger partial charge in [0.15, 0.2) is 0 Å². The van der Waals surface area contributed by atoms with E-state index < -0.39 is 30.4 Å². The van der Waals surface area contributed by atoms with Gasteiger partial charge >= 0.3 is 12.0 Å². The predicted molar refractivity (Wildman–Crippen MR) is 75.1 cm³/mol. The first kappa shape index (κ1) is 18.2. The zero-order valence-corrected chi connectivity index (χ0v) is 12.3.